The fourth-order valence-electron chi connectivity index (χ4n) is 4.19. The summed E-state index contributed by atoms with van der Waals surface area (Å²) in [6.45, 7) is 6.29. The molecule has 0 atom stereocenters. The molecule has 4 rings (SSSR count). The lowest BCUT2D eigenvalue weighted by atomic mass is 10.1. The van der Waals surface area contributed by atoms with Crippen molar-refractivity contribution in [1.29, 1.82) is 0 Å². The number of hydrogen-bond donors (Lipinski definition) is 1. The van der Waals surface area contributed by atoms with Crippen molar-refractivity contribution < 1.29 is 18.0 Å². The summed E-state index contributed by atoms with van der Waals surface area (Å²) in [6.07, 6.45) is 0.204. The number of nitrogens with zero attached hydrogens (tertiary/aromatic N) is 3. The second-order valence-corrected chi connectivity index (χ2v) is 11.7. The Bertz CT molecular complexity index is 1420. The van der Waals surface area contributed by atoms with Crippen molar-refractivity contribution in [3.63, 3.8) is 0 Å². The van der Waals surface area contributed by atoms with Crippen molar-refractivity contribution in [3.05, 3.63) is 57.7 Å². The summed E-state index contributed by atoms with van der Waals surface area (Å²) in [5.41, 5.74) is 2.22. The Labute approximate surface area is 208 Å². The lowest BCUT2D eigenvalue weighted by Gasteiger charge is -2.34. The monoisotopic (exact) mass is 516 g/mol. The first-order valence-electron chi connectivity index (χ1n) is 11.4. The second-order valence-electron chi connectivity index (χ2n) is 8.80. The van der Waals surface area contributed by atoms with Gasteiger partial charge in [0, 0.05) is 44.8 Å². The van der Waals surface area contributed by atoms with Gasteiger partial charge in [0.15, 0.2) is 0 Å². The predicted molar refractivity (Wildman–Crippen MR) is 136 cm³/mol. The number of rotatable bonds is 6. The van der Waals surface area contributed by atoms with Gasteiger partial charge >= 0.3 is 4.87 Å². The number of thiazole rings is 1. The lowest BCUT2D eigenvalue weighted by molar-refractivity contribution is -0.131. The van der Waals surface area contributed by atoms with E-state index in [9.17, 15) is 22.8 Å². The number of fused-ring (bicyclic) bond motifs is 1. The molecule has 1 fully saturated rings. The molecule has 186 valence electrons. The Morgan fingerprint density at radius 2 is 1.69 bits per heavy atom. The van der Waals surface area contributed by atoms with E-state index in [1.54, 1.807) is 51.9 Å². The van der Waals surface area contributed by atoms with Crippen molar-refractivity contribution in [2.45, 2.75) is 38.1 Å². The molecule has 11 heteroatoms. The van der Waals surface area contributed by atoms with E-state index in [0.717, 1.165) is 22.4 Å². The van der Waals surface area contributed by atoms with Crippen LogP contribution < -0.4 is 10.2 Å². The van der Waals surface area contributed by atoms with Crippen molar-refractivity contribution in [3.8, 4) is 0 Å². The van der Waals surface area contributed by atoms with E-state index in [1.165, 1.54) is 11.2 Å². The highest BCUT2D eigenvalue weighted by atomic mass is 32.2. The molecule has 1 saturated heterocycles. The van der Waals surface area contributed by atoms with Gasteiger partial charge in [0.05, 0.1) is 21.5 Å². The number of piperazine rings is 1. The third kappa shape index (κ3) is 5.31. The van der Waals surface area contributed by atoms with Gasteiger partial charge in [-0.25, -0.2) is 8.42 Å². The quantitative estimate of drug-likeness (QED) is 0.542. The number of anilines is 1. The number of nitrogens with one attached hydrogen (secondary N) is 1. The van der Waals surface area contributed by atoms with Crippen LogP contribution in [0.1, 0.15) is 32.4 Å². The van der Waals surface area contributed by atoms with Crippen molar-refractivity contribution >= 4 is 49.1 Å². The number of carbonyl (C=O) groups is 2. The van der Waals surface area contributed by atoms with Gasteiger partial charge in [-0.3, -0.25) is 19.0 Å². The zero-order chi connectivity index (χ0) is 25.3. The van der Waals surface area contributed by atoms with Crippen molar-refractivity contribution in [1.82, 2.24) is 13.8 Å². The number of amides is 2. The average molecular weight is 517 g/mol. The summed E-state index contributed by atoms with van der Waals surface area (Å²) in [5.74, 6) is -0.234. The maximum atomic E-state index is 13.2. The predicted octanol–water partition coefficient (Wildman–Crippen LogP) is 2.68. The van der Waals surface area contributed by atoms with Crippen LogP contribution in [0.5, 0.6) is 0 Å². The highest BCUT2D eigenvalue weighted by Gasteiger charge is 2.30. The second kappa shape index (κ2) is 9.92. The zero-order valence-electron chi connectivity index (χ0n) is 19.9. The molecule has 3 aromatic rings. The molecule has 2 heterocycles. The van der Waals surface area contributed by atoms with Crippen LogP contribution >= 0.6 is 11.3 Å². The van der Waals surface area contributed by atoms with Gasteiger partial charge in [0.2, 0.25) is 21.8 Å². The molecule has 0 radical (unpaired) electrons. The molecule has 2 amide bonds. The third-order valence-electron chi connectivity index (χ3n) is 5.96. The topological polar surface area (TPSA) is 109 Å². The van der Waals surface area contributed by atoms with E-state index in [4.69, 9.17) is 0 Å². The molecular formula is C24H28N4O5S2. The van der Waals surface area contributed by atoms with Crippen LogP contribution in [0.3, 0.4) is 0 Å². The minimum Gasteiger partial charge on any atom is -0.340 e. The van der Waals surface area contributed by atoms with Gasteiger partial charge in [-0.2, -0.15) is 4.31 Å². The molecule has 0 spiro atoms. The first kappa shape index (κ1) is 25.1. The molecule has 35 heavy (non-hydrogen) atoms. The van der Waals surface area contributed by atoms with E-state index in [2.05, 4.69) is 5.32 Å². The average Bonchev–Trinajstić information content (AvgIpc) is 3.15. The van der Waals surface area contributed by atoms with E-state index >= 15 is 0 Å². The summed E-state index contributed by atoms with van der Waals surface area (Å²) < 4.78 is 30.2. The Balaban J connectivity index is 1.40. The summed E-state index contributed by atoms with van der Waals surface area (Å²) in [6, 6.07) is 11.9. The molecular weight excluding hydrogens is 488 g/mol. The minimum atomic E-state index is -3.74. The van der Waals surface area contributed by atoms with Crippen LogP contribution in [0.2, 0.25) is 0 Å². The Kier molecular flexibility index (Phi) is 7.11. The van der Waals surface area contributed by atoms with Crippen molar-refractivity contribution in [2.75, 3.05) is 31.5 Å². The molecule has 9 nitrogen and oxygen atoms in total. The molecule has 0 saturated carbocycles. The molecule has 0 bridgehead atoms. The van der Waals surface area contributed by atoms with Gasteiger partial charge in [-0.1, -0.05) is 23.5 Å². The summed E-state index contributed by atoms with van der Waals surface area (Å²) in [5, 5.41) is 2.69. The normalized spacial score (nSPS) is 15.0. The van der Waals surface area contributed by atoms with E-state index in [1.807, 2.05) is 13.8 Å². The smallest absolute Gasteiger partial charge is 0.308 e. The molecule has 1 aromatic heterocycles. The van der Waals surface area contributed by atoms with Crippen LogP contribution in [0.25, 0.3) is 10.2 Å². The number of hydrogen-bond acceptors (Lipinski definition) is 6. The standard InChI is InChI=1S/C24H28N4O5S2/c1-16(2)28-21-9-8-20(15-22(21)34-24(28)31)35(32,33)27-12-10-26(11-13-27)23(30)14-18-4-6-19(7-5-18)25-17(3)29/h4-9,15-16H,10-14H2,1-3H3,(H,25,29). The first-order chi connectivity index (χ1) is 16.6. The summed E-state index contributed by atoms with van der Waals surface area (Å²) >= 11 is 1.04. The van der Waals surface area contributed by atoms with Gasteiger partial charge in [0.1, 0.15) is 0 Å². The van der Waals surface area contributed by atoms with Gasteiger partial charge in [-0.15, -0.1) is 0 Å². The lowest BCUT2D eigenvalue weighted by Crippen LogP contribution is -2.50. The first-order valence-corrected chi connectivity index (χ1v) is 13.6. The Morgan fingerprint density at radius 1 is 1.03 bits per heavy atom. The van der Waals surface area contributed by atoms with Gasteiger partial charge in [0.25, 0.3) is 0 Å². The van der Waals surface area contributed by atoms with Crippen LogP contribution in [-0.2, 0) is 26.0 Å². The largest absolute Gasteiger partial charge is 0.340 e. The fourth-order valence-corrected chi connectivity index (χ4v) is 6.76. The Morgan fingerprint density at radius 3 is 2.29 bits per heavy atom. The SMILES string of the molecule is CC(=O)Nc1ccc(CC(=O)N2CCN(S(=O)(=O)c3ccc4c(c3)sc(=O)n4C(C)C)CC2)cc1. The van der Waals surface area contributed by atoms with Crippen LogP contribution in [0.15, 0.2) is 52.2 Å². The molecule has 1 N–H and O–H groups in total. The van der Waals surface area contributed by atoms with E-state index in [-0.39, 0.29) is 47.1 Å². The van der Waals surface area contributed by atoms with Gasteiger partial charge < -0.3 is 10.2 Å². The molecule has 0 unspecified atom stereocenters. The van der Waals surface area contributed by atoms with Crippen molar-refractivity contribution in [2.24, 2.45) is 0 Å². The molecule has 1 aliphatic rings. The van der Waals surface area contributed by atoms with Crippen LogP contribution in [0.4, 0.5) is 5.69 Å². The minimum absolute atomic E-state index is 0.0144. The fraction of sp³-hybridized carbons (Fsp3) is 0.375. The molecule has 1 aliphatic heterocycles. The van der Waals surface area contributed by atoms with Crippen LogP contribution in [-0.4, -0.2) is 60.2 Å². The van der Waals surface area contributed by atoms with E-state index < -0.39 is 10.0 Å². The number of carbonyl (C=O) groups excluding carboxylic acids is 2. The van der Waals surface area contributed by atoms with Crippen LogP contribution in [0, 0.1) is 0 Å². The highest BCUT2D eigenvalue weighted by Crippen LogP contribution is 2.26. The Hall–Kier alpha value is -3.02. The number of benzene rings is 2. The maximum absolute atomic E-state index is 13.2. The molecule has 0 aliphatic carbocycles. The summed E-state index contributed by atoms with van der Waals surface area (Å²) in [7, 11) is -3.74. The zero-order valence-corrected chi connectivity index (χ0v) is 21.5. The van der Waals surface area contributed by atoms with E-state index in [0.29, 0.717) is 23.5 Å². The number of sulfonamides is 1. The highest BCUT2D eigenvalue weighted by molar-refractivity contribution is 7.89. The maximum Gasteiger partial charge on any atom is 0.308 e. The molecule has 2 aromatic carbocycles. The third-order valence-corrected chi connectivity index (χ3v) is 8.77. The van der Waals surface area contributed by atoms with Gasteiger partial charge in [-0.05, 0) is 49.7 Å². The number of aromatic nitrogens is 1. The summed E-state index contributed by atoms with van der Waals surface area (Å²) in [4.78, 5) is 37.9.